The second-order valence-electron chi connectivity index (χ2n) is 7.45. The number of anilines is 1. The van der Waals surface area contributed by atoms with Gasteiger partial charge in [0.15, 0.2) is 17.4 Å². The zero-order valence-electron chi connectivity index (χ0n) is 18.3. The molecule has 0 saturated heterocycles. The Kier molecular flexibility index (Phi) is 6.80. The van der Waals surface area contributed by atoms with Gasteiger partial charge in [-0.2, -0.15) is 10.2 Å². The Morgan fingerprint density at radius 1 is 1.18 bits per heavy atom. The van der Waals surface area contributed by atoms with Crippen molar-refractivity contribution in [3.8, 4) is 17.1 Å². The van der Waals surface area contributed by atoms with Crippen LogP contribution in [0, 0.1) is 12.7 Å². The van der Waals surface area contributed by atoms with Crippen LogP contribution in [0.5, 0.6) is 5.75 Å². The molecule has 0 bridgehead atoms. The minimum absolute atomic E-state index is 0.250. The van der Waals surface area contributed by atoms with Gasteiger partial charge in [0.05, 0.1) is 12.7 Å². The van der Waals surface area contributed by atoms with Crippen LogP contribution in [0.15, 0.2) is 45.7 Å². The summed E-state index contributed by atoms with van der Waals surface area (Å²) < 4.78 is 25.6. The van der Waals surface area contributed by atoms with Crippen LogP contribution in [0.3, 0.4) is 0 Å². The number of pyridine rings is 1. The van der Waals surface area contributed by atoms with E-state index >= 15 is 0 Å². The molecule has 4 aromatic rings. The highest BCUT2D eigenvalue weighted by atomic mass is 79.9. The van der Waals surface area contributed by atoms with Gasteiger partial charge >= 0.3 is 0 Å². The van der Waals surface area contributed by atoms with Crippen molar-refractivity contribution in [1.29, 1.82) is 0 Å². The molecule has 0 saturated carbocycles. The van der Waals surface area contributed by atoms with Gasteiger partial charge in [0.25, 0.3) is 0 Å². The predicted molar refractivity (Wildman–Crippen MR) is 130 cm³/mol. The van der Waals surface area contributed by atoms with Gasteiger partial charge in [-0.25, -0.2) is 19.0 Å². The van der Waals surface area contributed by atoms with E-state index in [9.17, 15) is 4.39 Å². The molecule has 172 valence electrons. The molecule has 3 aromatic heterocycles. The van der Waals surface area contributed by atoms with Crippen LogP contribution in [0.4, 0.5) is 10.2 Å². The van der Waals surface area contributed by atoms with Crippen LogP contribution in [0.2, 0.25) is 0 Å². The molecular weight excluding hydrogens is 557 g/mol. The number of aromatic nitrogens is 6. The summed E-state index contributed by atoms with van der Waals surface area (Å²) >= 11 is 6.97. The molecule has 1 atom stereocenters. The average molecular weight is 579 g/mol. The minimum atomic E-state index is -0.533. The number of benzene rings is 1. The zero-order valence-corrected chi connectivity index (χ0v) is 21.4. The predicted octanol–water partition coefficient (Wildman–Crippen LogP) is 5.30. The van der Waals surface area contributed by atoms with Crippen molar-refractivity contribution in [2.24, 2.45) is 0 Å². The van der Waals surface area contributed by atoms with Crippen LogP contribution >= 0.6 is 31.9 Å². The number of aryl methyl sites for hydroxylation is 2. The molecule has 2 N–H and O–H groups in total. The Morgan fingerprint density at radius 2 is 1.97 bits per heavy atom. The van der Waals surface area contributed by atoms with Crippen LogP contribution in [-0.4, -0.2) is 29.5 Å². The molecule has 0 aliphatic heterocycles. The lowest BCUT2D eigenvalue weighted by Crippen LogP contribution is -2.10. The van der Waals surface area contributed by atoms with Crippen molar-refractivity contribution in [1.82, 2.24) is 29.5 Å². The number of nitrogens with zero attached hydrogens (tertiary/aromatic N) is 6. The third-order valence-corrected chi connectivity index (χ3v) is 6.44. The van der Waals surface area contributed by atoms with E-state index in [0.29, 0.717) is 35.1 Å². The molecule has 3 heterocycles. The summed E-state index contributed by atoms with van der Waals surface area (Å²) in [6, 6.07) is 6.27. The number of nitrogen functional groups attached to an aromatic ring is 1. The first-order valence-electron chi connectivity index (χ1n) is 10.3. The molecule has 0 spiro atoms. The summed E-state index contributed by atoms with van der Waals surface area (Å²) in [6.45, 7) is 6.86. The molecule has 33 heavy (non-hydrogen) atoms. The Balaban J connectivity index is 1.73. The molecule has 0 aliphatic rings. The maximum absolute atomic E-state index is 14.3. The van der Waals surface area contributed by atoms with E-state index in [1.54, 1.807) is 29.2 Å². The molecule has 4 rings (SSSR count). The number of nitrogens with two attached hydrogens (primary N) is 1. The van der Waals surface area contributed by atoms with Gasteiger partial charge in [0, 0.05) is 33.9 Å². The number of hydrogen-bond donors (Lipinski definition) is 1. The Bertz CT molecular complexity index is 1300. The van der Waals surface area contributed by atoms with E-state index < -0.39 is 6.10 Å². The largest absolute Gasteiger partial charge is 0.482 e. The number of rotatable bonds is 7. The number of hydrogen-bond acceptors (Lipinski definition) is 6. The normalized spacial score (nSPS) is 12.2. The standard InChI is InChI=1S/C22H22Br2FN7O/c1-4-31-20(24)14(9-28-31)11-32-22(29-13(3)30-32)17-6-5-16(25)8-18(17)12(2)33-19-7-15(23)10-27-21(19)26/h5-10,12H,4,11H2,1-3H3,(H2,26,27). The quantitative estimate of drug-likeness (QED) is 0.320. The summed E-state index contributed by atoms with van der Waals surface area (Å²) in [6.07, 6.45) is 2.85. The summed E-state index contributed by atoms with van der Waals surface area (Å²) in [5.41, 5.74) is 8.26. The van der Waals surface area contributed by atoms with Crippen molar-refractivity contribution in [3.63, 3.8) is 0 Å². The first-order valence-corrected chi connectivity index (χ1v) is 11.8. The Morgan fingerprint density at radius 3 is 2.70 bits per heavy atom. The van der Waals surface area contributed by atoms with E-state index in [1.165, 1.54) is 12.1 Å². The number of ether oxygens (including phenoxy) is 1. The molecule has 11 heteroatoms. The van der Waals surface area contributed by atoms with Gasteiger partial charge < -0.3 is 10.5 Å². The molecule has 8 nitrogen and oxygen atoms in total. The zero-order chi connectivity index (χ0) is 23.7. The van der Waals surface area contributed by atoms with E-state index in [4.69, 9.17) is 10.5 Å². The fraction of sp³-hybridized carbons (Fsp3) is 0.273. The monoisotopic (exact) mass is 577 g/mol. The number of halogens is 3. The minimum Gasteiger partial charge on any atom is -0.482 e. The van der Waals surface area contributed by atoms with Crippen molar-refractivity contribution in [3.05, 3.63) is 68.5 Å². The van der Waals surface area contributed by atoms with Gasteiger partial charge in [-0.3, -0.25) is 4.68 Å². The third kappa shape index (κ3) is 4.93. The van der Waals surface area contributed by atoms with Crippen molar-refractivity contribution in [2.45, 2.75) is 40.0 Å². The summed E-state index contributed by atoms with van der Waals surface area (Å²) in [4.78, 5) is 8.73. The van der Waals surface area contributed by atoms with Crippen LogP contribution < -0.4 is 10.5 Å². The van der Waals surface area contributed by atoms with E-state index in [0.717, 1.165) is 21.2 Å². The van der Waals surface area contributed by atoms with Crippen molar-refractivity contribution in [2.75, 3.05) is 5.73 Å². The average Bonchev–Trinajstić information content (AvgIpc) is 3.32. The van der Waals surface area contributed by atoms with Gasteiger partial charge in [0.2, 0.25) is 0 Å². The van der Waals surface area contributed by atoms with Gasteiger partial charge in [-0.05, 0) is 76.9 Å². The van der Waals surface area contributed by atoms with Gasteiger partial charge in [-0.15, -0.1) is 0 Å². The van der Waals surface area contributed by atoms with Gasteiger partial charge in [-0.1, -0.05) is 0 Å². The van der Waals surface area contributed by atoms with Crippen LogP contribution in [0.1, 0.15) is 36.9 Å². The maximum atomic E-state index is 14.3. The highest BCUT2D eigenvalue weighted by molar-refractivity contribution is 9.10. The first kappa shape index (κ1) is 23.4. The lowest BCUT2D eigenvalue weighted by molar-refractivity contribution is 0.227. The Labute approximate surface area is 207 Å². The van der Waals surface area contributed by atoms with Crippen molar-refractivity contribution >= 4 is 37.7 Å². The van der Waals surface area contributed by atoms with E-state index in [2.05, 4.69) is 52.0 Å². The smallest absolute Gasteiger partial charge is 0.166 e. The lowest BCUT2D eigenvalue weighted by atomic mass is 10.0. The van der Waals surface area contributed by atoms with Crippen LogP contribution in [0.25, 0.3) is 11.4 Å². The molecule has 0 amide bonds. The molecule has 1 aromatic carbocycles. The fourth-order valence-corrected chi connectivity index (χ4v) is 4.40. The lowest BCUT2D eigenvalue weighted by Gasteiger charge is -2.19. The second kappa shape index (κ2) is 9.60. The SMILES string of the molecule is CCn1ncc(Cn2nc(C)nc2-c2ccc(F)cc2C(C)Oc2cc(Br)cnc2N)c1Br. The summed E-state index contributed by atoms with van der Waals surface area (Å²) in [5.74, 6) is 1.49. The topological polar surface area (TPSA) is 96.7 Å². The van der Waals surface area contributed by atoms with Crippen molar-refractivity contribution < 1.29 is 9.13 Å². The molecular formula is C22H22Br2FN7O. The molecule has 0 fully saturated rings. The van der Waals surface area contributed by atoms with E-state index in [-0.39, 0.29) is 11.6 Å². The molecule has 1 unspecified atom stereocenters. The Hall–Kier alpha value is -2.79. The van der Waals surface area contributed by atoms with Gasteiger partial charge in [0.1, 0.15) is 22.3 Å². The molecule has 0 radical (unpaired) electrons. The van der Waals surface area contributed by atoms with E-state index in [1.807, 2.05) is 25.5 Å². The second-order valence-corrected chi connectivity index (χ2v) is 9.11. The van der Waals surface area contributed by atoms with Crippen LogP contribution in [-0.2, 0) is 13.1 Å². The summed E-state index contributed by atoms with van der Waals surface area (Å²) in [7, 11) is 0. The highest BCUT2D eigenvalue weighted by Gasteiger charge is 2.21. The highest BCUT2D eigenvalue weighted by Crippen LogP contribution is 2.34. The third-order valence-electron chi connectivity index (χ3n) is 5.09. The summed E-state index contributed by atoms with van der Waals surface area (Å²) in [5, 5.41) is 8.94. The molecule has 0 aliphatic carbocycles. The maximum Gasteiger partial charge on any atom is 0.166 e. The fourth-order valence-electron chi connectivity index (χ4n) is 3.52. The first-order chi connectivity index (χ1) is 15.8.